The van der Waals surface area contributed by atoms with E-state index >= 15 is 0 Å². The van der Waals surface area contributed by atoms with Gasteiger partial charge in [-0.1, -0.05) is 89.1 Å². The third kappa shape index (κ3) is 19.1. The summed E-state index contributed by atoms with van der Waals surface area (Å²) in [5.41, 5.74) is 5.91. The molecule has 4 aromatic carbocycles. The standard InChI is InChI=1S/C46H57N5O7S.C44H53N5O7S/c1-9-12-13-14-15-22-50(26-31-16-18-33(55-7)19-17-31)45(54)51-27-34(23-38(51)42(52)49-46(25-32(46)10-2)44(53)57-11-3)58-40-24-36(43-48-37(28-59-43)29(4)5)47-41-30(6)39(56-8)21-20-35(40)41;1-7-55-42(51)44-23-30(44)13-11-9-8-10-12-20-48(24-29-14-16-31(53-5)17-15-29)43(52)49-25-32(21-36(49)40(50)47-44)56-38-22-34(41-46-35(26-57-41)27(2)3)45-39-28(4)37(54-6)19-18-33(38)39/h9-10,16-21,24,28-29,32,34,38H,1-2,11-15,22-23,25-27H2,3-8H3,(H,49,52);11,13-19,22,26-27,30,32,36H,7-10,12,20-21,23-25H2,1-6H3,(H,47,50)/b;13-11-/t32-,34-,38+,46-;30-,32-,36+,44-/m11/s1. The van der Waals surface area contributed by atoms with E-state index < -0.39 is 59.1 Å². The van der Waals surface area contributed by atoms with E-state index in [4.69, 9.17) is 57.8 Å². The first-order chi connectivity index (χ1) is 56.0. The highest BCUT2D eigenvalue weighted by Gasteiger charge is 2.63. The van der Waals surface area contributed by atoms with Gasteiger partial charge in [-0.15, -0.1) is 35.8 Å². The molecular weight excluding hydrogens is 1510 g/mol. The molecule has 2 saturated carbocycles. The monoisotopic (exact) mass is 1620 g/mol. The summed E-state index contributed by atoms with van der Waals surface area (Å²) in [6, 6.07) is 24.4. The van der Waals surface area contributed by atoms with Crippen molar-refractivity contribution >= 4 is 80.3 Å². The number of amides is 6. The lowest BCUT2D eigenvalue weighted by Crippen LogP contribution is -2.55. The number of hydrogen-bond acceptors (Lipinski definition) is 20. The molecule has 7 heterocycles. The summed E-state index contributed by atoms with van der Waals surface area (Å²) in [6.07, 6.45) is 14.9. The van der Waals surface area contributed by atoms with Gasteiger partial charge in [0.25, 0.3) is 0 Å². The first-order valence-corrected chi connectivity index (χ1v) is 42.2. The van der Waals surface area contributed by atoms with Crippen LogP contribution in [0, 0.1) is 25.7 Å². The van der Waals surface area contributed by atoms with Crippen LogP contribution in [0.3, 0.4) is 0 Å². The predicted molar refractivity (Wildman–Crippen MR) is 451 cm³/mol. The number of unbranched alkanes of at least 4 members (excludes halogenated alkanes) is 3. The van der Waals surface area contributed by atoms with Crippen molar-refractivity contribution < 1.29 is 66.7 Å². The summed E-state index contributed by atoms with van der Waals surface area (Å²) in [5, 5.41) is 13.3. The maximum atomic E-state index is 14.9. The summed E-state index contributed by atoms with van der Waals surface area (Å²) >= 11 is 3.05. The lowest BCUT2D eigenvalue weighted by atomic mass is 10.1. The molecule has 4 aromatic heterocycles. The molecule has 0 unspecified atom stereocenters. The number of carbonyl (C=O) groups excluding carboxylic acids is 6. The quantitative estimate of drug-likeness (QED) is 0.0251. The molecule has 616 valence electrons. The Kier molecular flexibility index (Phi) is 27.8. The number of aryl methyl sites for hydroxylation is 2. The van der Waals surface area contributed by atoms with E-state index in [1.54, 1.807) is 63.1 Å². The number of hydrogen-bond donors (Lipinski definition) is 2. The molecule has 24 nitrogen and oxygen atoms in total. The summed E-state index contributed by atoms with van der Waals surface area (Å²) in [7, 11) is 6.51. The summed E-state index contributed by atoms with van der Waals surface area (Å²) in [6.45, 7) is 25.9. The van der Waals surface area contributed by atoms with Gasteiger partial charge in [0.15, 0.2) is 0 Å². The van der Waals surface area contributed by atoms with Gasteiger partial charge >= 0.3 is 24.0 Å². The number of urea groups is 2. The van der Waals surface area contributed by atoms with Gasteiger partial charge in [0.05, 0.1) is 77.2 Å². The van der Waals surface area contributed by atoms with Crippen molar-refractivity contribution in [3.8, 4) is 55.9 Å². The Morgan fingerprint density at radius 2 is 1.25 bits per heavy atom. The number of esters is 2. The van der Waals surface area contributed by atoms with Gasteiger partial charge in [0, 0.05) is 95.6 Å². The van der Waals surface area contributed by atoms with Gasteiger partial charge in [0.2, 0.25) is 11.8 Å². The second-order valence-corrected chi connectivity index (χ2v) is 32.8. The SMILES string of the molecule is C=CCCCCCN(Cc1ccc(OC)cc1)C(=O)N1C[C@H](Oc2cc(-c3nc(C(C)C)cs3)nc3c(C)c(OC)ccc23)C[C@H]1C(=O)N[C@]1(C(=O)OCC)C[C@H]1C=C.CCOC(=O)[C@@]12C[C@H]1/C=C\CCCCCN(Cc1ccc(OC)cc1)C(=O)N1C[C@H](Oc3cc(-c4nc(C(C)C)cs4)nc4c(C)c(OC)ccc34)C[C@H]1C(=O)N2. The summed E-state index contributed by atoms with van der Waals surface area (Å²) in [4.78, 5) is 112. The Balaban J connectivity index is 0.000000214. The third-order valence-electron chi connectivity index (χ3n) is 22.5. The Bertz CT molecular complexity index is 4890. The molecule has 26 heteroatoms. The molecule has 4 fully saturated rings. The van der Waals surface area contributed by atoms with Crippen LogP contribution in [0.1, 0.15) is 164 Å². The second-order valence-electron chi connectivity index (χ2n) is 31.1. The molecule has 6 amide bonds. The van der Waals surface area contributed by atoms with Crippen LogP contribution in [-0.2, 0) is 41.7 Å². The van der Waals surface area contributed by atoms with Crippen molar-refractivity contribution in [2.24, 2.45) is 11.8 Å². The van der Waals surface area contributed by atoms with Crippen molar-refractivity contribution in [2.45, 2.75) is 193 Å². The van der Waals surface area contributed by atoms with E-state index in [-0.39, 0.29) is 74.9 Å². The van der Waals surface area contributed by atoms with E-state index in [9.17, 15) is 28.8 Å². The van der Waals surface area contributed by atoms with Crippen molar-refractivity contribution in [3.05, 3.63) is 167 Å². The molecule has 0 spiro atoms. The fourth-order valence-electron chi connectivity index (χ4n) is 15.6. The number of benzene rings is 4. The highest BCUT2D eigenvalue weighted by molar-refractivity contribution is 7.13. The number of pyridine rings is 2. The lowest BCUT2D eigenvalue weighted by molar-refractivity contribution is -0.150. The summed E-state index contributed by atoms with van der Waals surface area (Å²) < 4.78 is 46.8. The molecule has 2 saturated heterocycles. The van der Waals surface area contributed by atoms with Gasteiger partial charge in [0.1, 0.15) is 91.3 Å². The first kappa shape index (κ1) is 84.8. The Morgan fingerprint density at radius 3 is 1.78 bits per heavy atom. The summed E-state index contributed by atoms with van der Waals surface area (Å²) in [5.74, 6) is 2.23. The van der Waals surface area contributed by atoms with E-state index in [1.807, 2.05) is 121 Å². The number of allylic oxidation sites excluding steroid dienone is 2. The zero-order valence-corrected chi connectivity index (χ0v) is 70.5. The minimum atomic E-state index is -1.23. The molecule has 3 aliphatic heterocycles. The highest BCUT2D eigenvalue weighted by atomic mass is 32.1. The molecule has 116 heavy (non-hydrogen) atoms. The zero-order chi connectivity index (χ0) is 82.5. The predicted octanol–water partition coefficient (Wildman–Crippen LogP) is 16.4. The molecule has 0 radical (unpaired) electrons. The van der Waals surface area contributed by atoms with E-state index in [1.165, 1.54) is 22.7 Å². The van der Waals surface area contributed by atoms with Gasteiger partial charge in [-0.25, -0.2) is 39.1 Å². The second kappa shape index (κ2) is 38.0. The van der Waals surface area contributed by atoms with Gasteiger partial charge in [-0.2, -0.15) is 0 Å². The Morgan fingerprint density at radius 1 is 0.672 bits per heavy atom. The van der Waals surface area contributed by atoms with Crippen LogP contribution < -0.4 is 39.1 Å². The van der Waals surface area contributed by atoms with Gasteiger partial charge < -0.3 is 68.1 Å². The number of nitrogens with one attached hydrogen (secondary N) is 2. The van der Waals surface area contributed by atoms with Crippen molar-refractivity contribution in [3.63, 3.8) is 0 Å². The number of nitrogens with zero attached hydrogens (tertiary/aromatic N) is 8. The van der Waals surface area contributed by atoms with Crippen molar-refractivity contribution in [1.29, 1.82) is 0 Å². The van der Waals surface area contributed by atoms with Crippen LogP contribution in [0.4, 0.5) is 9.59 Å². The van der Waals surface area contributed by atoms with Gasteiger partial charge in [-0.05, 0) is 151 Å². The van der Waals surface area contributed by atoms with E-state index in [0.717, 1.165) is 123 Å². The number of carbonyl (C=O) groups is 6. The smallest absolute Gasteiger partial charge is 0.332 e. The lowest BCUT2D eigenvalue weighted by Gasteiger charge is -2.32. The van der Waals surface area contributed by atoms with E-state index in [2.05, 4.69) is 62.9 Å². The number of rotatable bonds is 29. The maximum Gasteiger partial charge on any atom is 0.332 e. The third-order valence-corrected chi connectivity index (χ3v) is 24.3. The molecule has 2 aliphatic carbocycles. The normalized spacial score (nSPS) is 21.4. The van der Waals surface area contributed by atoms with Crippen LogP contribution in [0.2, 0.25) is 0 Å². The fraction of sp³-hybridized carbons (Fsp3) is 0.467. The van der Waals surface area contributed by atoms with Crippen LogP contribution in [0.25, 0.3) is 43.2 Å². The molecule has 0 bridgehead atoms. The maximum absolute atomic E-state index is 14.9. The molecular formula is C90H110N10O14S2. The largest absolute Gasteiger partial charge is 0.497 e. The topological polar surface area (TPSA) is 265 Å². The van der Waals surface area contributed by atoms with Crippen molar-refractivity contribution in [2.75, 3.05) is 67.8 Å². The van der Waals surface area contributed by atoms with Crippen LogP contribution in [0.15, 0.2) is 133 Å². The number of methoxy groups -OCH3 is 4. The van der Waals surface area contributed by atoms with Crippen LogP contribution in [-0.4, -0.2) is 179 Å². The molecule has 8 aromatic rings. The van der Waals surface area contributed by atoms with Crippen molar-refractivity contribution in [1.82, 2.24) is 50.2 Å². The average Bonchev–Trinajstić information content (AvgIpc) is 1.56. The Hall–Kier alpha value is -10.6. The number of likely N-dealkylation sites (tertiary alicyclic amines) is 1. The number of fused-ring (bicyclic) bond motifs is 4. The number of ether oxygens (including phenoxy) is 8. The molecule has 5 aliphatic rings. The van der Waals surface area contributed by atoms with Gasteiger partial charge in [-0.3, -0.25) is 9.59 Å². The van der Waals surface area contributed by atoms with Crippen LogP contribution >= 0.6 is 22.7 Å². The number of aromatic nitrogens is 4. The molecule has 13 rings (SSSR count). The Labute approximate surface area is 688 Å². The molecule has 2 N–H and O–H groups in total. The van der Waals surface area contributed by atoms with Crippen LogP contribution in [0.5, 0.6) is 34.5 Å². The number of thiazole rings is 2. The minimum Gasteiger partial charge on any atom is -0.497 e. The highest BCUT2D eigenvalue weighted by Crippen LogP contribution is 2.48. The molecule has 8 atom stereocenters. The van der Waals surface area contributed by atoms with E-state index in [0.29, 0.717) is 78.9 Å². The average molecular weight is 1620 g/mol. The fourth-order valence-corrected chi connectivity index (χ4v) is 17.5. The zero-order valence-electron chi connectivity index (χ0n) is 68.8. The first-order valence-electron chi connectivity index (χ1n) is 40.5. The minimum absolute atomic E-state index is 0.132.